The van der Waals surface area contributed by atoms with E-state index >= 15 is 0 Å². The molecule has 0 aliphatic heterocycles. The van der Waals surface area contributed by atoms with Crippen LogP contribution in [0.4, 0.5) is 5.69 Å². The topological polar surface area (TPSA) is 66.0 Å². The Kier molecular flexibility index (Phi) is 10.1. The highest BCUT2D eigenvalue weighted by atomic mass is 127. The zero-order chi connectivity index (χ0) is 17.9. The molecule has 0 aromatic heterocycles. The molecule has 2 rings (SSSR count). The van der Waals surface area contributed by atoms with Crippen LogP contribution in [0.15, 0.2) is 65.7 Å². The number of amides is 1. The number of halogens is 1. The van der Waals surface area contributed by atoms with Gasteiger partial charge in [-0.3, -0.25) is 9.79 Å². The number of nitrogens with zero attached hydrogens (tertiary/aromatic N) is 2. The van der Waals surface area contributed by atoms with E-state index in [1.807, 2.05) is 72.6 Å². The first-order chi connectivity index (χ1) is 12.2. The second-order valence-corrected chi connectivity index (χ2v) is 5.40. The minimum absolute atomic E-state index is 0. The summed E-state index contributed by atoms with van der Waals surface area (Å²) in [6.07, 6.45) is 0. The number of nitrogens with one attached hydrogen (secondary N) is 2. The van der Waals surface area contributed by atoms with E-state index in [2.05, 4.69) is 15.6 Å². The van der Waals surface area contributed by atoms with Crippen LogP contribution in [-0.4, -0.2) is 50.6 Å². The molecule has 0 radical (unpaired) electrons. The van der Waals surface area contributed by atoms with E-state index in [0.29, 0.717) is 19.1 Å². The maximum Gasteiger partial charge on any atom is 0.243 e. The van der Waals surface area contributed by atoms with Gasteiger partial charge in [-0.05, 0) is 24.3 Å². The largest absolute Gasteiger partial charge is 0.492 e. The van der Waals surface area contributed by atoms with E-state index in [9.17, 15) is 4.79 Å². The van der Waals surface area contributed by atoms with Gasteiger partial charge in [-0.2, -0.15) is 0 Å². The van der Waals surface area contributed by atoms with Gasteiger partial charge >= 0.3 is 0 Å². The van der Waals surface area contributed by atoms with Crippen LogP contribution in [0.25, 0.3) is 0 Å². The highest BCUT2D eigenvalue weighted by molar-refractivity contribution is 14.0. The lowest BCUT2D eigenvalue weighted by atomic mass is 10.3. The summed E-state index contributed by atoms with van der Waals surface area (Å²) in [6, 6.07) is 19.0. The lowest BCUT2D eigenvalue weighted by Crippen LogP contribution is -2.43. The molecular weight excluding hydrogens is 443 g/mol. The number of hydrogen-bond donors (Lipinski definition) is 2. The lowest BCUT2D eigenvalue weighted by molar-refractivity contribution is -0.115. The molecule has 2 aromatic carbocycles. The lowest BCUT2D eigenvalue weighted by Gasteiger charge is -2.22. The van der Waals surface area contributed by atoms with Gasteiger partial charge in [0.1, 0.15) is 12.4 Å². The number of carbonyl (C=O) groups is 1. The average Bonchev–Trinajstić information content (AvgIpc) is 2.64. The molecular formula is C19H25IN4O2. The van der Waals surface area contributed by atoms with Crippen molar-refractivity contribution in [3.63, 3.8) is 0 Å². The second-order valence-electron chi connectivity index (χ2n) is 5.40. The van der Waals surface area contributed by atoms with Gasteiger partial charge in [0.2, 0.25) is 5.91 Å². The van der Waals surface area contributed by atoms with E-state index in [0.717, 1.165) is 11.4 Å². The first-order valence-corrected chi connectivity index (χ1v) is 8.13. The number of benzene rings is 2. The molecule has 2 N–H and O–H groups in total. The van der Waals surface area contributed by atoms with E-state index in [-0.39, 0.29) is 36.4 Å². The summed E-state index contributed by atoms with van der Waals surface area (Å²) >= 11 is 0. The molecule has 0 atom stereocenters. The predicted octanol–water partition coefficient (Wildman–Crippen LogP) is 2.83. The Hall–Kier alpha value is -2.29. The number of likely N-dealkylation sites (N-methyl/N-ethyl adjacent to an activating group) is 1. The predicted molar refractivity (Wildman–Crippen MR) is 116 cm³/mol. The number of guanidine groups is 1. The summed E-state index contributed by atoms with van der Waals surface area (Å²) < 4.78 is 5.67. The number of hydrogen-bond acceptors (Lipinski definition) is 3. The van der Waals surface area contributed by atoms with E-state index < -0.39 is 0 Å². The zero-order valence-electron chi connectivity index (χ0n) is 15.0. The molecule has 0 spiro atoms. The monoisotopic (exact) mass is 468 g/mol. The second kappa shape index (κ2) is 12.1. The van der Waals surface area contributed by atoms with E-state index in [1.165, 1.54) is 0 Å². The number of ether oxygens (including phenoxy) is 1. The fraction of sp³-hybridized carbons (Fsp3) is 0.263. The molecule has 0 heterocycles. The molecule has 6 nitrogen and oxygen atoms in total. The summed E-state index contributed by atoms with van der Waals surface area (Å²) in [5.41, 5.74) is 0.772. The molecule has 0 saturated carbocycles. The summed E-state index contributed by atoms with van der Waals surface area (Å²) in [6.45, 7) is 1.32. The maximum atomic E-state index is 12.0. The van der Waals surface area contributed by atoms with Crippen LogP contribution in [0.3, 0.4) is 0 Å². The standard InChI is InChI=1S/C19H24N4O2.HI/c1-20-19(21-15-18(24)22-16-9-5-3-6-10-16)23(2)13-14-25-17-11-7-4-8-12-17;/h3-12H,13-15H2,1-2H3,(H,20,21)(H,22,24);1H. The summed E-state index contributed by atoms with van der Waals surface area (Å²) in [7, 11) is 3.59. The first-order valence-electron chi connectivity index (χ1n) is 8.13. The van der Waals surface area contributed by atoms with Crippen LogP contribution >= 0.6 is 24.0 Å². The van der Waals surface area contributed by atoms with Crippen molar-refractivity contribution in [1.29, 1.82) is 0 Å². The van der Waals surface area contributed by atoms with Crippen molar-refractivity contribution in [2.75, 3.05) is 39.1 Å². The molecule has 2 aromatic rings. The van der Waals surface area contributed by atoms with Crippen LogP contribution in [0.5, 0.6) is 5.75 Å². The Morgan fingerprint density at radius 2 is 1.69 bits per heavy atom. The van der Waals surface area contributed by atoms with Gasteiger partial charge in [-0.15, -0.1) is 24.0 Å². The van der Waals surface area contributed by atoms with Gasteiger partial charge in [0.05, 0.1) is 13.1 Å². The quantitative estimate of drug-likeness (QED) is 0.373. The summed E-state index contributed by atoms with van der Waals surface area (Å²) in [4.78, 5) is 18.1. The molecule has 1 amide bonds. The van der Waals surface area contributed by atoms with Crippen LogP contribution in [-0.2, 0) is 4.79 Å². The van der Waals surface area contributed by atoms with Crippen molar-refractivity contribution >= 4 is 41.5 Å². The SMILES string of the molecule is CN=C(NCC(=O)Nc1ccccc1)N(C)CCOc1ccccc1.I. The number of anilines is 1. The smallest absolute Gasteiger partial charge is 0.243 e. The summed E-state index contributed by atoms with van der Waals surface area (Å²) in [5, 5.41) is 5.87. The van der Waals surface area contributed by atoms with Crippen molar-refractivity contribution in [3.8, 4) is 5.75 Å². The van der Waals surface area contributed by atoms with Crippen LogP contribution in [0.1, 0.15) is 0 Å². The molecule has 0 fully saturated rings. The van der Waals surface area contributed by atoms with Crippen LogP contribution < -0.4 is 15.4 Å². The van der Waals surface area contributed by atoms with Crippen molar-refractivity contribution in [3.05, 3.63) is 60.7 Å². The molecule has 0 aliphatic rings. The van der Waals surface area contributed by atoms with Crippen LogP contribution in [0, 0.1) is 0 Å². The molecule has 7 heteroatoms. The Morgan fingerprint density at radius 1 is 1.08 bits per heavy atom. The van der Waals surface area contributed by atoms with E-state index in [1.54, 1.807) is 7.05 Å². The summed E-state index contributed by atoms with van der Waals surface area (Å²) in [5.74, 6) is 1.35. The Labute approximate surface area is 171 Å². The molecule has 0 saturated heterocycles. The number of para-hydroxylation sites is 2. The van der Waals surface area contributed by atoms with Crippen molar-refractivity contribution in [2.45, 2.75) is 0 Å². The van der Waals surface area contributed by atoms with Gasteiger partial charge in [0.15, 0.2) is 5.96 Å². The third kappa shape index (κ3) is 7.73. The first kappa shape index (κ1) is 21.8. The zero-order valence-corrected chi connectivity index (χ0v) is 17.3. The Morgan fingerprint density at radius 3 is 2.31 bits per heavy atom. The van der Waals surface area contributed by atoms with Crippen LogP contribution in [0.2, 0.25) is 0 Å². The number of rotatable bonds is 7. The Balaban J connectivity index is 0.00000338. The fourth-order valence-electron chi connectivity index (χ4n) is 2.19. The molecule has 0 unspecified atom stereocenters. The fourth-order valence-corrected chi connectivity index (χ4v) is 2.19. The van der Waals surface area contributed by atoms with Gasteiger partial charge in [-0.25, -0.2) is 0 Å². The Bertz CT molecular complexity index is 680. The van der Waals surface area contributed by atoms with Crippen molar-refractivity contribution in [1.82, 2.24) is 10.2 Å². The molecule has 140 valence electrons. The highest BCUT2D eigenvalue weighted by Crippen LogP contribution is 2.07. The molecule has 0 bridgehead atoms. The van der Waals surface area contributed by atoms with Gasteiger partial charge in [0.25, 0.3) is 0 Å². The highest BCUT2D eigenvalue weighted by Gasteiger charge is 2.08. The maximum absolute atomic E-state index is 12.0. The van der Waals surface area contributed by atoms with Crippen molar-refractivity contribution in [2.24, 2.45) is 4.99 Å². The minimum atomic E-state index is -0.124. The van der Waals surface area contributed by atoms with Gasteiger partial charge < -0.3 is 20.3 Å². The average molecular weight is 468 g/mol. The third-order valence-electron chi connectivity index (χ3n) is 3.48. The third-order valence-corrected chi connectivity index (χ3v) is 3.48. The normalized spacial score (nSPS) is 10.5. The van der Waals surface area contributed by atoms with Gasteiger partial charge in [-0.1, -0.05) is 36.4 Å². The molecule has 0 aliphatic carbocycles. The van der Waals surface area contributed by atoms with Gasteiger partial charge in [0, 0.05) is 19.8 Å². The number of aliphatic imine (C=N–C) groups is 1. The molecule has 26 heavy (non-hydrogen) atoms. The van der Waals surface area contributed by atoms with E-state index in [4.69, 9.17) is 4.74 Å². The van der Waals surface area contributed by atoms with Crippen molar-refractivity contribution < 1.29 is 9.53 Å². The number of carbonyl (C=O) groups excluding carboxylic acids is 1. The minimum Gasteiger partial charge on any atom is -0.492 e.